The molecule has 0 aliphatic carbocycles. The molecular weight excluding hydrogens is 220 g/mol. The second-order valence-corrected chi connectivity index (χ2v) is 4.05. The van der Waals surface area contributed by atoms with Crippen LogP contribution in [0, 0.1) is 11.8 Å². The average molecular weight is 239 g/mol. The van der Waals surface area contributed by atoms with Gasteiger partial charge in [0.1, 0.15) is 13.2 Å². The maximum Gasteiger partial charge on any atom is 0.330 e. The normalized spacial score (nSPS) is 10.5. The molecule has 0 amide bonds. The van der Waals surface area contributed by atoms with E-state index in [1.165, 1.54) is 0 Å². The van der Waals surface area contributed by atoms with Crippen molar-refractivity contribution in [1.82, 2.24) is 0 Å². The predicted octanol–water partition coefficient (Wildman–Crippen LogP) is 2.07. The number of carbonyl (C=O) groups excluding carboxylic acids is 2. The summed E-state index contributed by atoms with van der Waals surface area (Å²) in [7, 11) is 0. The molecule has 0 atom stereocenters. The molecule has 0 heterocycles. The van der Waals surface area contributed by atoms with Gasteiger partial charge in [0.25, 0.3) is 0 Å². The number of esters is 2. The third-order valence-electron chi connectivity index (χ3n) is 2.16. The molecule has 0 aromatic heterocycles. The van der Waals surface area contributed by atoms with Crippen LogP contribution in [-0.4, -0.2) is 25.2 Å². The molecule has 0 N–H and O–H groups in total. The summed E-state index contributed by atoms with van der Waals surface area (Å²) >= 11 is 0. The predicted molar refractivity (Wildman–Crippen MR) is 65.0 cm³/mol. The van der Waals surface area contributed by atoms with E-state index in [2.05, 4.69) is 13.2 Å². The molecule has 0 aliphatic rings. The van der Waals surface area contributed by atoms with Crippen molar-refractivity contribution in [3.63, 3.8) is 0 Å². The van der Waals surface area contributed by atoms with Gasteiger partial charge in [-0.15, -0.1) is 0 Å². The lowest BCUT2D eigenvalue weighted by molar-refractivity contribution is -0.147. The number of hydrogen-bond acceptors (Lipinski definition) is 4. The first kappa shape index (κ1) is 15.4. The summed E-state index contributed by atoms with van der Waals surface area (Å²) in [5, 5.41) is 0. The molecule has 4 nitrogen and oxygen atoms in total. The van der Waals surface area contributed by atoms with Gasteiger partial charge in [-0.05, 0) is 12.8 Å². The number of rotatable bonds is 8. The summed E-state index contributed by atoms with van der Waals surface area (Å²) in [6.45, 7) is 10.7. The van der Waals surface area contributed by atoms with Crippen molar-refractivity contribution < 1.29 is 19.1 Å². The van der Waals surface area contributed by atoms with E-state index in [-0.39, 0.29) is 13.2 Å². The van der Waals surface area contributed by atoms with Crippen LogP contribution < -0.4 is 0 Å². The van der Waals surface area contributed by atoms with Crippen LogP contribution in [0.1, 0.15) is 20.3 Å². The van der Waals surface area contributed by atoms with E-state index in [4.69, 9.17) is 9.47 Å². The molecule has 0 rings (SSSR count). The molecule has 4 heteroatoms. The molecule has 0 bridgehead atoms. The topological polar surface area (TPSA) is 52.6 Å². The van der Waals surface area contributed by atoms with E-state index < -0.39 is 17.4 Å². The Bertz CT molecular complexity index is 270. The van der Waals surface area contributed by atoms with E-state index in [0.29, 0.717) is 6.42 Å². The van der Waals surface area contributed by atoms with E-state index in [1.54, 1.807) is 0 Å². The van der Waals surface area contributed by atoms with Crippen molar-refractivity contribution >= 4 is 11.9 Å². The lowest BCUT2D eigenvalue weighted by Gasteiger charge is -2.27. The molecule has 0 saturated heterocycles. The van der Waals surface area contributed by atoms with Gasteiger partial charge >= 0.3 is 11.9 Å². The summed E-state index contributed by atoms with van der Waals surface area (Å²) in [5.74, 6) is -0.968. The van der Waals surface area contributed by atoms with Crippen molar-refractivity contribution in [3.05, 3.63) is 31.7 Å². The van der Waals surface area contributed by atoms with Crippen LogP contribution in [0.5, 0.6) is 0 Å². The maximum atomic E-state index is 11.0. The second kappa shape index (κ2) is 7.65. The van der Waals surface area contributed by atoms with Crippen LogP contribution in [0.4, 0.5) is 0 Å². The minimum Gasteiger partial charge on any atom is -0.462 e. The van der Waals surface area contributed by atoms with Gasteiger partial charge in [0, 0.05) is 17.6 Å². The first-order valence-electron chi connectivity index (χ1n) is 5.33. The number of hydrogen-bond donors (Lipinski definition) is 0. The highest BCUT2D eigenvalue weighted by Crippen LogP contribution is 2.24. The highest BCUT2D eigenvalue weighted by Gasteiger charge is 2.27. The first-order valence-corrected chi connectivity index (χ1v) is 5.33. The summed E-state index contributed by atoms with van der Waals surface area (Å²) in [4.78, 5) is 22.0. The van der Waals surface area contributed by atoms with Gasteiger partial charge in [-0.25, -0.2) is 9.59 Å². The fourth-order valence-corrected chi connectivity index (χ4v) is 1.26. The molecule has 1 radical (unpaired) electrons. The molecule has 95 valence electrons. The lowest BCUT2D eigenvalue weighted by Crippen LogP contribution is -2.31. The molecule has 0 aliphatic heterocycles. The summed E-state index contributed by atoms with van der Waals surface area (Å²) in [5.41, 5.74) is -0.425. The summed E-state index contributed by atoms with van der Waals surface area (Å²) in [6.07, 6.45) is 4.81. The van der Waals surface area contributed by atoms with Gasteiger partial charge in [-0.2, -0.15) is 0 Å². The number of ether oxygens (including phenoxy) is 2. The van der Waals surface area contributed by atoms with Crippen LogP contribution in [0.25, 0.3) is 0 Å². The van der Waals surface area contributed by atoms with Crippen LogP contribution in [-0.2, 0) is 19.1 Å². The zero-order valence-corrected chi connectivity index (χ0v) is 10.4. The fourth-order valence-electron chi connectivity index (χ4n) is 1.26. The molecule has 17 heavy (non-hydrogen) atoms. The molecule has 0 fully saturated rings. The summed E-state index contributed by atoms with van der Waals surface area (Å²) in [6, 6.07) is 0. The van der Waals surface area contributed by atoms with Crippen molar-refractivity contribution in [2.45, 2.75) is 20.3 Å². The van der Waals surface area contributed by atoms with E-state index in [1.807, 2.05) is 20.3 Å². The quantitative estimate of drug-likeness (QED) is 0.480. The highest BCUT2D eigenvalue weighted by molar-refractivity contribution is 5.81. The van der Waals surface area contributed by atoms with Crippen LogP contribution >= 0.6 is 0 Å². The van der Waals surface area contributed by atoms with Gasteiger partial charge in [0.2, 0.25) is 0 Å². The third-order valence-corrected chi connectivity index (χ3v) is 2.16. The van der Waals surface area contributed by atoms with Crippen molar-refractivity contribution in [2.75, 3.05) is 13.2 Å². The Labute approximate surface area is 102 Å². The van der Waals surface area contributed by atoms with Crippen molar-refractivity contribution in [1.29, 1.82) is 0 Å². The molecule has 0 aromatic carbocycles. The SMILES string of the molecule is C=CC(=O)OCC(C)(C[CH]C)COC(=O)C=C. The Morgan fingerprint density at radius 1 is 1.12 bits per heavy atom. The zero-order valence-electron chi connectivity index (χ0n) is 10.4. The van der Waals surface area contributed by atoms with Gasteiger partial charge in [0.15, 0.2) is 0 Å². The molecular formula is C13H19O4. The minimum absolute atomic E-state index is 0.173. The molecule has 0 unspecified atom stereocenters. The summed E-state index contributed by atoms with van der Waals surface area (Å²) < 4.78 is 9.96. The monoisotopic (exact) mass is 239 g/mol. The van der Waals surface area contributed by atoms with Gasteiger partial charge < -0.3 is 9.47 Å². The second-order valence-electron chi connectivity index (χ2n) is 4.05. The van der Waals surface area contributed by atoms with Crippen molar-refractivity contribution in [2.24, 2.45) is 5.41 Å². The Hall–Kier alpha value is -1.58. The molecule has 0 saturated carbocycles. The Morgan fingerprint density at radius 2 is 1.53 bits per heavy atom. The van der Waals surface area contributed by atoms with Gasteiger partial charge in [-0.1, -0.05) is 27.0 Å². The third kappa shape index (κ3) is 6.56. The van der Waals surface area contributed by atoms with Crippen LogP contribution in [0.15, 0.2) is 25.3 Å². The Morgan fingerprint density at radius 3 is 1.82 bits per heavy atom. The molecule has 0 spiro atoms. The Kier molecular flexibility index (Phi) is 6.94. The lowest BCUT2D eigenvalue weighted by atomic mass is 9.87. The molecule has 0 aromatic rings. The van der Waals surface area contributed by atoms with E-state index >= 15 is 0 Å². The Balaban J connectivity index is 4.33. The van der Waals surface area contributed by atoms with Gasteiger partial charge in [0.05, 0.1) is 0 Å². The van der Waals surface area contributed by atoms with E-state index in [0.717, 1.165) is 12.2 Å². The average Bonchev–Trinajstić information content (AvgIpc) is 2.33. The fraction of sp³-hybridized carbons (Fsp3) is 0.462. The maximum absolute atomic E-state index is 11.0. The minimum atomic E-state index is -0.484. The first-order chi connectivity index (χ1) is 7.97. The van der Waals surface area contributed by atoms with Crippen molar-refractivity contribution in [3.8, 4) is 0 Å². The smallest absolute Gasteiger partial charge is 0.330 e. The van der Waals surface area contributed by atoms with Crippen LogP contribution in [0.2, 0.25) is 0 Å². The highest BCUT2D eigenvalue weighted by atomic mass is 16.5. The van der Waals surface area contributed by atoms with Crippen LogP contribution in [0.3, 0.4) is 0 Å². The number of carbonyl (C=O) groups is 2. The zero-order chi connectivity index (χ0) is 13.3. The van der Waals surface area contributed by atoms with E-state index in [9.17, 15) is 9.59 Å². The largest absolute Gasteiger partial charge is 0.462 e. The van der Waals surface area contributed by atoms with Gasteiger partial charge in [-0.3, -0.25) is 0 Å². The standard InChI is InChI=1S/C13H19O4/c1-5-8-13(4,9-16-11(14)6-2)10-17-12(15)7-3/h5-7H,2-3,8-10H2,1,4H3.